The summed E-state index contributed by atoms with van der Waals surface area (Å²) in [7, 11) is 0. The summed E-state index contributed by atoms with van der Waals surface area (Å²) >= 11 is 7.59. The summed E-state index contributed by atoms with van der Waals surface area (Å²) < 4.78 is 26.7. The molecule has 0 heterocycles. The van der Waals surface area contributed by atoms with Gasteiger partial charge >= 0.3 is 0 Å². The molecular formula is C22H18ClF2NOS. The Morgan fingerprint density at radius 1 is 0.964 bits per heavy atom. The van der Waals surface area contributed by atoms with Crippen LogP contribution in [0.5, 0.6) is 0 Å². The van der Waals surface area contributed by atoms with Crippen molar-refractivity contribution in [1.82, 2.24) is 5.32 Å². The van der Waals surface area contributed by atoms with Gasteiger partial charge in [0.05, 0.1) is 10.6 Å². The highest BCUT2D eigenvalue weighted by Crippen LogP contribution is 2.31. The van der Waals surface area contributed by atoms with Gasteiger partial charge in [-0.2, -0.15) is 0 Å². The van der Waals surface area contributed by atoms with Crippen LogP contribution in [0.4, 0.5) is 8.78 Å². The van der Waals surface area contributed by atoms with Crippen molar-refractivity contribution in [2.45, 2.75) is 11.0 Å². The molecule has 0 radical (unpaired) electrons. The van der Waals surface area contributed by atoms with Crippen LogP contribution in [0.3, 0.4) is 0 Å². The highest BCUT2D eigenvalue weighted by atomic mass is 35.5. The number of nitrogens with one attached hydrogen (secondary N) is 1. The summed E-state index contributed by atoms with van der Waals surface area (Å²) in [6.07, 6.45) is 0. The van der Waals surface area contributed by atoms with Crippen molar-refractivity contribution in [3.8, 4) is 0 Å². The second-order valence-corrected chi connectivity index (χ2v) is 7.75. The maximum atomic E-state index is 13.5. The van der Waals surface area contributed by atoms with Gasteiger partial charge in [-0.1, -0.05) is 72.3 Å². The molecule has 0 spiro atoms. The predicted molar refractivity (Wildman–Crippen MR) is 111 cm³/mol. The third-order valence-corrected chi connectivity index (χ3v) is 5.82. The van der Waals surface area contributed by atoms with Gasteiger partial charge in [-0.25, -0.2) is 8.78 Å². The molecule has 28 heavy (non-hydrogen) atoms. The van der Waals surface area contributed by atoms with E-state index in [9.17, 15) is 13.6 Å². The van der Waals surface area contributed by atoms with Gasteiger partial charge in [-0.05, 0) is 23.3 Å². The van der Waals surface area contributed by atoms with E-state index in [2.05, 4.69) is 17.4 Å². The van der Waals surface area contributed by atoms with Crippen molar-refractivity contribution in [2.24, 2.45) is 0 Å². The van der Waals surface area contributed by atoms with Gasteiger partial charge in [0, 0.05) is 17.5 Å². The van der Waals surface area contributed by atoms with Gasteiger partial charge in [-0.3, -0.25) is 4.79 Å². The molecule has 0 aliphatic rings. The molecular weight excluding hydrogens is 400 g/mol. The molecule has 0 saturated heterocycles. The van der Waals surface area contributed by atoms with Crippen molar-refractivity contribution >= 4 is 29.3 Å². The molecule has 3 rings (SSSR count). The molecule has 0 saturated carbocycles. The minimum atomic E-state index is -1.10. The summed E-state index contributed by atoms with van der Waals surface area (Å²) in [4.78, 5) is 12.4. The second-order valence-electron chi connectivity index (χ2n) is 6.15. The van der Waals surface area contributed by atoms with Crippen LogP contribution in [0.1, 0.15) is 26.7 Å². The summed E-state index contributed by atoms with van der Waals surface area (Å²) in [5.74, 6) is -1.94. The number of thioether (sulfide) groups is 1. The maximum Gasteiger partial charge on any atom is 0.252 e. The van der Waals surface area contributed by atoms with Crippen molar-refractivity contribution in [3.05, 3.63) is 106 Å². The topological polar surface area (TPSA) is 29.1 Å². The van der Waals surface area contributed by atoms with Gasteiger partial charge in [0.2, 0.25) is 0 Å². The molecule has 3 aromatic carbocycles. The van der Waals surface area contributed by atoms with Crippen LogP contribution in [0.25, 0.3) is 0 Å². The fourth-order valence-corrected chi connectivity index (χ4v) is 4.06. The zero-order chi connectivity index (χ0) is 19.9. The first-order valence-corrected chi connectivity index (χ1v) is 10.1. The van der Waals surface area contributed by atoms with E-state index in [4.69, 9.17) is 11.6 Å². The molecule has 0 fully saturated rings. The Balaban J connectivity index is 1.71. The number of benzene rings is 3. The lowest BCUT2D eigenvalue weighted by Crippen LogP contribution is -2.28. The van der Waals surface area contributed by atoms with Gasteiger partial charge in [0.15, 0.2) is 11.6 Å². The monoisotopic (exact) mass is 417 g/mol. The van der Waals surface area contributed by atoms with E-state index >= 15 is 0 Å². The predicted octanol–water partition coefficient (Wildman–Crippen LogP) is 6.02. The van der Waals surface area contributed by atoms with Crippen LogP contribution in [0.15, 0.2) is 72.8 Å². The summed E-state index contributed by atoms with van der Waals surface area (Å²) in [5, 5.41) is 2.66. The third kappa shape index (κ3) is 5.33. The van der Waals surface area contributed by atoms with E-state index in [1.807, 2.05) is 48.5 Å². The molecule has 0 aliphatic carbocycles. The number of carbonyl (C=O) groups excluding carboxylic acids is 1. The van der Waals surface area contributed by atoms with Crippen LogP contribution >= 0.6 is 23.4 Å². The lowest BCUT2D eigenvalue weighted by Gasteiger charge is -2.18. The zero-order valence-corrected chi connectivity index (χ0v) is 16.4. The lowest BCUT2D eigenvalue weighted by molar-refractivity contribution is 0.0953. The summed E-state index contributed by atoms with van der Waals surface area (Å²) in [5.41, 5.74) is 2.17. The van der Waals surface area contributed by atoms with Gasteiger partial charge in [0.1, 0.15) is 0 Å². The molecule has 0 bridgehead atoms. The Labute approximate surface area is 171 Å². The minimum absolute atomic E-state index is 0.00516. The first-order chi connectivity index (χ1) is 13.5. The number of amides is 1. The molecule has 3 aromatic rings. The summed E-state index contributed by atoms with van der Waals surface area (Å²) in [6, 6.07) is 21.5. The van der Waals surface area contributed by atoms with Crippen LogP contribution < -0.4 is 5.32 Å². The van der Waals surface area contributed by atoms with Gasteiger partial charge in [0.25, 0.3) is 5.91 Å². The highest BCUT2D eigenvalue weighted by molar-refractivity contribution is 7.98. The molecule has 144 valence electrons. The van der Waals surface area contributed by atoms with E-state index in [1.54, 1.807) is 11.8 Å². The van der Waals surface area contributed by atoms with Crippen LogP contribution in [0.2, 0.25) is 5.02 Å². The fraction of sp³-hybridized carbons (Fsp3) is 0.136. The quantitative estimate of drug-likeness (QED) is 0.476. The molecule has 1 atom stereocenters. The lowest BCUT2D eigenvalue weighted by atomic mass is 10.1. The van der Waals surface area contributed by atoms with Crippen molar-refractivity contribution in [2.75, 3.05) is 6.54 Å². The van der Waals surface area contributed by atoms with Gasteiger partial charge < -0.3 is 5.32 Å². The number of halogens is 3. The van der Waals surface area contributed by atoms with Crippen molar-refractivity contribution in [3.63, 3.8) is 0 Å². The van der Waals surface area contributed by atoms with E-state index in [0.717, 1.165) is 23.4 Å². The third-order valence-electron chi connectivity index (χ3n) is 4.17. The van der Waals surface area contributed by atoms with Gasteiger partial charge in [-0.15, -0.1) is 11.8 Å². The molecule has 0 aliphatic heterocycles. The van der Waals surface area contributed by atoms with Crippen LogP contribution in [-0.4, -0.2) is 12.5 Å². The van der Waals surface area contributed by atoms with Crippen molar-refractivity contribution in [1.29, 1.82) is 0 Å². The normalized spacial score (nSPS) is 11.8. The largest absolute Gasteiger partial charge is 0.351 e. The molecule has 0 aromatic heterocycles. The Kier molecular flexibility index (Phi) is 7.06. The first kappa shape index (κ1) is 20.4. The SMILES string of the molecule is O=C(NC[C@@H](SCc1ccccc1)c1ccccc1)c1cc(F)c(F)cc1Cl. The first-order valence-electron chi connectivity index (χ1n) is 8.68. The van der Waals surface area contributed by atoms with Crippen LogP contribution in [-0.2, 0) is 5.75 Å². The Hall–Kier alpha value is -2.37. The standard InChI is InChI=1S/C22H18ClF2NOS/c23-18-12-20(25)19(24)11-17(18)22(27)26-13-21(16-9-5-2-6-10-16)28-14-15-7-3-1-4-8-15/h1-12,21H,13-14H2,(H,26,27)/t21-/m1/s1. The molecule has 2 nitrogen and oxygen atoms in total. The van der Waals surface area contributed by atoms with E-state index in [1.165, 1.54) is 5.56 Å². The fourth-order valence-electron chi connectivity index (χ4n) is 2.69. The average Bonchev–Trinajstić information content (AvgIpc) is 2.72. The van der Waals surface area contributed by atoms with E-state index in [-0.39, 0.29) is 15.8 Å². The maximum absolute atomic E-state index is 13.5. The molecule has 1 amide bonds. The second kappa shape index (κ2) is 9.71. The highest BCUT2D eigenvalue weighted by Gasteiger charge is 2.18. The average molecular weight is 418 g/mol. The molecule has 6 heteroatoms. The van der Waals surface area contributed by atoms with Crippen molar-refractivity contribution < 1.29 is 13.6 Å². The number of hydrogen-bond acceptors (Lipinski definition) is 2. The van der Waals surface area contributed by atoms with E-state index < -0.39 is 17.5 Å². The number of carbonyl (C=O) groups is 1. The summed E-state index contributed by atoms with van der Waals surface area (Å²) in [6.45, 7) is 0.329. The molecule has 1 N–H and O–H groups in total. The Morgan fingerprint density at radius 3 is 2.25 bits per heavy atom. The number of hydrogen-bond donors (Lipinski definition) is 1. The Morgan fingerprint density at radius 2 is 1.57 bits per heavy atom. The molecule has 0 unspecified atom stereocenters. The smallest absolute Gasteiger partial charge is 0.252 e. The van der Waals surface area contributed by atoms with E-state index in [0.29, 0.717) is 6.54 Å². The minimum Gasteiger partial charge on any atom is -0.351 e. The Bertz CT molecular complexity index is 938. The zero-order valence-electron chi connectivity index (χ0n) is 14.9. The van der Waals surface area contributed by atoms with Crippen LogP contribution in [0, 0.1) is 11.6 Å². The number of rotatable bonds is 7.